The van der Waals surface area contributed by atoms with Crippen molar-refractivity contribution in [1.29, 1.82) is 0 Å². The number of hydrogen-bond acceptors (Lipinski definition) is 3. The maximum atomic E-state index is 6.15. The van der Waals surface area contributed by atoms with E-state index in [9.17, 15) is 0 Å². The molecule has 0 aliphatic heterocycles. The van der Waals surface area contributed by atoms with Crippen LogP contribution in [0, 0.1) is 0 Å². The third-order valence-electron chi connectivity index (χ3n) is 2.15. The first kappa shape index (κ1) is 12.2. The Bertz CT molecular complexity index is 441. The van der Waals surface area contributed by atoms with E-state index in [-0.39, 0.29) is 6.04 Å². The van der Waals surface area contributed by atoms with Crippen molar-refractivity contribution >= 4 is 39.0 Å². The second-order valence-electron chi connectivity index (χ2n) is 3.36. The predicted molar refractivity (Wildman–Crippen MR) is 76.1 cm³/mol. The summed E-state index contributed by atoms with van der Waals surface area (Å²) in [4.78, 5) is 2.49. The molecule has 0 saturated heterocycles. The molecule has 0 saturated carbocycles. The van der Waals surface area contributed by atoms with Crippen molar-refractivity contribution in [2.75, 3.05) is 5.75 Å². The molecule has 1 nitrogen and oxygen atoms in total. The molecule has 0 radical (unpaired) electrons. The first-order valence-electron chi connectivity index (χ1n) is 4.93. The van der Waals surface area contributed by atoms with Crippen LogP contribution < -0.4 is 5.73 Å². The average molecular weight is 314 g/mol. The van der Waals surface area contributed by atoms with Crippen LogP contribution in [0.2, 0.25) is 0 Å². The molecule has 2 aromatic rings. The molecule has 16 heavy (non-hydrogen) atoms. The zero-order valence-corrected chi connectivity index (χ0v) is 11.8. The van der Waals surface area contributed by atoms with Gasteiger partial charge in [-0.2, -0.15) is 0 Å². The highest BCUT2D eigenvalue weighted by molar-refractivity contribution is 9.10. The molecule has 1 atom stereocenters. The van der Waals surface area contributed by atoms with E-state index in [0.717, 1.165) is 10.2 Å². The Morgan fingerprint density at radius 3 is 2.62 bits per heavy atom. The maximum Gasteiger partial charge on any atom is 0.0496 e. The van der Waals surface area contributed by atoms with Crippen molar-refractivity contribution in [3.05, 3.63) is 51.1 Å². The van der Waals surface area contributed by atoms with Gasteiger partial charge in [0.2, 0.25) is 0 Å². The Kier molecular flexibility index (Phi) is 4.46. The quantitative estimate of drug-likeness (QED) is 0.851. The maximum absolute atomic E-state index is 6.15. The first-order chi connectivity index (χ1) is 7.77. The van der Waals surface area contributed by atoms with Crippen LogP contribution in [0.4, 0.5) is 0 Å². The van der Waals surface area contributed by atoms with Gasteiger partial charge in [0, 0.05) is 26.0 Å². The highest BCUT2D eigenvalue weighted by Crippen LogP contribution is 2.31. The van der Waals surface area contributed by atoms with Crippen LogP contribution in [0.1, 0.15) is 10.9 Å². The molecule has 1 heterocycles. The van der Waals surface area contributed by atoms with E-state index in [0.29, 0.717) is 0 Å². The molecule has 1 aromatic heterocycles. The minimum Gasteiger partial charge on any atom is -0.323 e. The second-order valence-corrected chi connectivity index (χ2v) is 6.26. The van der Waals surface area contributed by atoms with E-state index in [1.165, 1.54) is 9.77 Å². The smallest absolute Gasteiger partial charge is 0.0496 e. The van der Waals surface area contributed by atoms with Crippen LogP contribution in [0.15, 0.2) is 51.1 Å². The van der Waals surface area contributed by atoms with Gasteiger partial charge in [0.05, 0.1) is 0 Å². The number of nitrogens with two attached hydrogens (primary N) is 1. The lowest BCUT2D eigenvalue weighted by molar-refractivity contribution is 0.848. The Balaban J connectivity index is 1.94. The molecule has 0 spiro atoms. The summed E-state index contributed by atoms with van der Waals surface area (Å²) in [6.45, 7) is 0. The van der Waals surface area contributed by atoms with Gasteiger partial charge >= 0.3 is 0 Å². The summed E-state index contributed by atoms with van der Waals surface area (Å²) in [7, 11) is 0. The van der Waals surface area contributed by atoms with E-state index in [1.54, 1.807) is 23.1 Å². The first-order valence-corrected chi connectivity index (χ1v) is 7.59. The number of thiophene rings is 1. The normalized spacial score (nSPS) is 12.6. The summed E-state index contributed by atoms with van der Waals surface area (Å²) < 4.78 is 1.12. The monoisotopic (exact) mass is 313 g/mol. The van der Waals surface area contributed by atoms with Crippen molar-refractivity contribution in [3.63, 3.8) is 0 Å². The molecular weight excluding hydrogens is 302 g/mol. The Hall–Kier alpha value is -0.290. The van der Waals surface area contributed by atoms with Gasteiger partial charge in [0.1, 0.15) is 0 Å². The van der Waals surface area contributed by atoms with E-state index >= 15 is 0 Å². The molecule has 1 aromatic carbocycles. The molecular formula is C12H12BrNS2. The lowest BCUT2D eigenvalue weighted by Crippen LogP contribution is -2.11. The molecule has 2 N–H and O–H groups in total. The topological polar surface area (TPSA) is 26.0 Å². The lowest BCUT2D eigenvalue weighted by atomic mass is 10.3. The van der Waals surface area contributed by atoms with Crippen molar-refractivity contribution < 1.29 is 0 Å². The SMILES string of the molecule is NC(CSc1ccccc1)c1sccc1Br. The summed E-state index contributed by atoms with van der Waals surface area (Å²) >= 11 is 7.02. The van der Waals surface area contributed by atoms with Gasteiger partial charge in [0.25, 0.3) is 0 Å². The zero-order valence-electron chi connectivity index (χ0n) is 8.60. The largest absolute Gasteiger partial charge is 0.323 e. The van der Waals surface area contributed by atoms with E-state index < -0.39 is 0 Å². The van der Waals surface area contributed by atoms with E-state index in [2.05, 4.69) is 45.6 Å². The van der Waals surface area contributed by atoms with E-state index in [1.807, 2.05) is 12.1 Å². The highest BCUT2D eigenvalue weighted by Gasteiger charge is 2.11. The minimum atomic E-state index is 0.0968. The molecule has 0 bridgehead atoms. The molecule has 0 amide bonds. The molecule has 0 fully saturated rings. The fourth-order valence-electron chi connectivity index (χ4n) is 1.35. The Morgan fingerprint density at radius 2 is 2.00 bits per heavy atom. The predicted octanol–water partition coefficient (Wildman–Crippen LogP) is 4.30. The molecule has 2 rings (SSSR count). The summed E-state index contributed by atoms with van der Waals surface area (Å²) in [6, 6.07) is 12.5. The highest BCUT2D eigenvalue weighted by atomic mass is 79.9. The van der Waals surface area contributed by atoms with E-state index in [4.69, 9.17) is 5.73 Å². The molecule has 1 unspecified atom stereocenters. The Labute approximate surface area is 112 Å². The van der Waals surface area contributed by atoms with Gasteiger partial charge in [-0.1, -0.05) is 18.2 Å². The zero-order chi connectivity index (χ0) is 11.4. The number of benzene rings is 1. The minimum absolute atomic E-state index is 0.0968. The summed E-state index contributed by atoms with van der Waals surface area (Å²) in [6.07, 6.45) is 0. The van der Waals surface area contributed by atoms with Crippen LogP contribution in [0.5, 0.6) is 0 Å². The third kappa shape index (κ3) is 3.10. The van der Waals surface area contributed by atoms with Gasteiger partial charge in [0.15, 0.2) is 0 Å². The van der Waals surface area contributed by atoms with Crippen molar-refractivity contribution in [2.45, 2.75) is 10.9 Å². The number of halogens is 1. The van der Waals surface area contributed by atoms with Crippen LogP contribution in [0.25, 0.3) is 0 Å². The number of thioether (sulfide) groups is 1. The Morgan fingerprint density at radius 1 is 1.25 bits per heavy atom. The fraction of sp³-hybridized carbons (Fsp3) is 0.167. The number of hydrogen-bond donors (Lipinski definition) is 1. The summed E-state index contributed by atoms with van der Waals surface area (Å²) in [5, 5.41) is 2.06. The number of rotatable bonds is 4. The average Bonchev–Trinajstić information content (AvgIpc) is 2.74. The van der Waals surface area contributed by atoms with Crippen LogP contribution in [0.3, 0.4) is 0 Å². The van der Waals surface area contributed by atoms with Crippen LogP contribution >= 0.6 is 39.0 Å². The lowest BCUT2D eigenvalue weighted by Gasteiger charge is -2.09. The van der Waals surface area contributed by atoms with Crippen LogP contribution in [-0.4, -0.2) is 5.75 Å². The second kappa shape index (κ2) is 5.87. The molecule has 84 valence electrons. The van der Waals surface area contributed by atoms with Gasteiger partial charge < -0.3 is 5.73 Å². The fourth-order valence-corrected chi connectivity index (χ4v) is 4.01. The molecule has 0 aliphatic carbocycles. The van der Waals surface area contributed by atoms with Crippen molar-refractivity contribution in [3.8, 4) is 0 Å². The van der Waals surface area contributed by atoms with Crippen molar-refractivity contribution in [2.24, 2.45) is 5.73 Å². The van der Waals surface area contributed by atoms with Crippen LogP contribution in [-0.2, 0) is 0 Å². The van der Waals surface area contributed by atoms with Gasteiger partial charge in [-0.15, -0.1) is 23.1 Å². The summed E-state index contributed by atoms with van der Waals surface area (Å²) in [5.74, 6) is 0.906. The van der Waals surface area contributed by atoms with Gasteiger partial charge in [-0.25, -0.2) is 0 Å². The molecule has 4 heteroatoms. The molecule has 0 aliphatic rings. The standard InChI is InChI=1S/C12H12BrNS2/c13-10-6-7-15-12(10)11(14)8-16-9-4-2-1-3-5-9/h1-7,11H,8,14H2. The summed E-state index contributed by atoms with van der Waals surface area (Å²) in [5.41, 5.74) is 6.15. The van der Waals surface area contributed by atoms with Gasteiger partial charge in [-0.3, -0.25) is 0 Å². The van der Waals surface area contributed by atoms with Gasteiger partial charge in [-0.05, 0) is 39.5 Å². The third-order valence-corrected chi connectivity index (χ3v) is 5.29. The van der Waals surface area contributed by atoms with Crippen molar-refractivity contribution in [1.82, 2.24) is 0 Å².